The number of rotatable bonds is 3. The van der Waals surface area contributed by atoms with Gasteiger partial charge in [-0.05, 0) is 37.2 Å². The summed E-state index contributed by atoms with van der Waals surface area (Å²) in [6, 6.07) is 6.94. The number of carbonyl (C=O) groups is 1. The maximum atomic E-state index is 12.5. The molecule has 3 rings (SSSR count). The molecule has 0 spiro atoms. The van der Waals surface area contributed by atoms with Crippen LogP contribution in [0.1, 0.15) is 23.7 Å². The Morgan fingerprint density at radius 1 is 1.04 bits per heavy atom. The Balaban J connectivity index is 1.69. The highest BCUT2D eigenvalue weighted by Gasteiger charge is 2.28. The Hall–Kier alpha value is -1.60. The first kappa shape index (κ1) is 16.3. The van der Waals surface area contributed by atoms with Gasteiger partial charge < -0.3 is 9.80 Å². The lowest BCUT2D eigenvalue weighted by atomic mass is 10.1. The summed E-state index contributed by atoms with van der Waals surface area (Å²) in [6.07, 6.45) is 0.657. The summed E-state index contributed by atoms with van der Waals surface area (Å²) in [4.78, 5) is 16.7. The lowest BCUT2D eigenvalue weighted by molar-refractivity contribution is 0.0643. The van der Waals surface area contributed by atoms with Crippen LogP contribution < -0.4 is 4.31 Å². The van der Waals surface area contributed by atoms with Crippen LogP contribution in [0.15, 0.2) is 24.3 Å². The van der Waals surface area contributed by atoms with Crippen LogP contribution in [0.25, 0.3) is 0 Å². The van der Waals surface area contributed by atoms with Crippen molar-refractivity contribution in [3.05, 3.63) is 29.8 Å². The van der Waals surface area contributed by atoms with Gasteiger partial charge in [0.1, 0.15) is 0 Å². The number of hydrogen-bond donors (Lipinski definition) is 0. The van der Waals surface area contributed by atoms with Crippen LogP contribution in [-0.4, -0.2) is 69.1 Å². The van der Waals surface area contributed by atoms with Crippen LogP contribution in [0.3, 0.4) is 0 Å². The van der Waals surface area contributed by atoms with E-state index in [4.69, 9.17) is 0 Å². The van der Waals surface area contributed by atoms with Crippen molar-refractivity contribution in [1.82, 2.24) is 9.80 Å². The maximum Gasteiger partial charge on any atom is 0.253 e. The minimum absolute atomic E-state index is 0.0246. The Bertz CT molecular complexity index is 664. The molecule has 0 aliphatic carbocycles. The molecule has 0 saturated carbocycles. The minimum atomic E-state index is -3.17. The number of nitrogens with zero attached hydrogens (tertiary/aromatic N) is 3. The molecule has 7 heteroatoms. The topological polar surface area (TPSA) is 60.9 Å². The number of piperazine rings is 1. The fourth-order valence-electron chi connectivity index (χ4n) is 3.15. The van der Waals surface area contributed by atoms with E-state index in [1.807, 2.05) is 4.90 Å². The van der Waals surface area contributed by atoms with Crippen LogP contribution in [0, 0.1) is 0 Å². The lowest BCUT2D eigenvalue weighted by Gasteiger charge is -2.34. The van der Waals surface area contributed by atoms with Crippen LogP contribution in [0.5, 0.6) is 0 Å². The molecule has 1 aromatic carbocycles. The predicted octanol–water partition coefficient (Wildman–Crippen LogP) is 1.00. The molecule has 23 heavy (non-hydrogen) atoms. The molecule has 1 amide bonds. The van der Waals surface area contributed by atoms with Crippen LogP contribution in [-0.2, 0) is 10.0 Å². The van der Waals surface area contributed by atoms with Crippen LogP contribution in [0.4, 0.5) is 5.69 Å². The van der Waals surface area contributed by atoms with Crippen molar-refractivity contribution in [2.75, 3.05) is 49.3 Å². The largest absolute Gasteiger partial charge is 0.336 e. The fourth-order valence-corrected chi connectivity index (χ4v) is 4.71. The monoisotopic (exact) mass is 337 g/mol. The number of anilines is 1. The van der Waals surface area contributed by atoms with Crippen LogP contribution >= 0.6 is 0 Å². The van der Waals surface area contributed by atoms with E-state index in [1.165, 1.54) is 4.31 Å². The highest BCUT2D eigenvalue weighted by molar-refractivity contribution is 7.93. The first-order chi connectivity index (χ1) is 11.0. The number of likely N-dealkylation sites (N-methyl/N-ethyl adjacent to an activating group) is 1. The van der Waals surface area contributed by atoms with E-state index in [2.05, 4.69) is 11.8 Å². The van der Waals surface area contributed by atoms with E-state index in [-0.39, 0.29) is 11.7 Å². The van der Waals surface area contributed by atoms with Crippen molar-refractivity contribution in [1.29, 1.82) is 0 Å². The van der Waals surface area contributed by atoms with E-state index in [0.29, 0.717) is 24.2 Å². The Morgan fingerprint density at radius 2 is 1.70 bits per heavy atom. The highest BCUT2D eigenvalue weighted by atomic mass is 32.2. The smallest absolute Gasteiger partial charge is 0.253 e. The van der Waals surface area contributed by atoms with E-state index >= 15 is 0 Å². The highest BCUT2D eigenvalue weighted by Crippen LogP contribution is 2.24. The quantitative estimate of drug-likeness (QED) is 0.826. The van der Waals surface area contributed by atoms with E-state index in [9.17, 15) is 13.2 Å². The number of benzene rings is 1. The summed E-state index contributed by atoms with van der Waals surface area (Å²) in [7, 11) is -3.17. The molecule has 6 nitrogen and oxygen atoms in total. The minimum Gasteiger partial charge on any atom is -0.336 e. The molecule has 2 saturated heterocycles. The number of hydrogen-bond acceptors (Lipinski definition) is 4. The molecule has 0 unspecified atom stereocenters. The van der Waals surface area contributed by atoms with Crippen molar-refractivity contribution in [2.45, 2.75) is 13.3 Å². The molecular weight excluding hydrogens is 314 g/mol. The molecule has 2 heterocycles. The van der Waals surface area contributed by atoms with Crippen molar-refractivity contribution in [3.63, 3.8) is 0 Å². The Morgan fingerprint density at radius 3 is 2.22 bits per heavy atom. The standard InChI is InChI=1S/C16H23N3O3S/c1-2-17-9-11-18(12-10-17)16(20)14-4-6-15(7-5-14)19-8-3-13-23(19,21)22/h4-7H,2-3,8-13H2,1H3. The van der Waals surface area contributed by atoms with Crippen molar-refractivity contribution in [2.24, 2.45) is 0 Å². The van der Waals surface area contributed by atoms with Gasteiger partial charge in [0.25, 0.3) is 5.91 Å². The molecule has 2 aliphatic heterocycles. The normalized spacial score (nSPS) is 21.6. The lowest BCUT2D eigenvalue weighted by Crippen LogP contribution is -2.48. The fraction of sp³-hybridized carbons (Fsp3) is 0.562. The molecule has 2 aliphatic rings. The average molecular weight is 337 g/mol. The summed E-state index contributed by atoms with van der Waals surface area (Å²) in [5.41, 5.74) is 1.27. The molecule has 126 valence electrons. The van der Waals surface area contributed by atoms with Gasteiger partial charge in [-0.2, -0.15) is 0 Å². The van der Waals surface area contributed by atoms with Gasteiger partial charge in [0.2, 0.25) is 10.0 Å². The maximum absolute atomic E-state index is 12.5. The first-order valence-electron chi connectivity index (χ1n) is 8.13. The summed E-state index contributed by atoms with van der Waals surface area (Å²) in [6.45, 7) is 6.97. The predicted molar refractivity (Wildman–Crippen MR) is 90.2 cm³/mol. The Kier molecular flexibility index (Phi) is 4.59. The van der Waals surface area contributed by atoms with Gasteiger partial charge in [-0.1, -0.05) is 6.92 Å². The van der Waals surface area contributed by atoms with Crippen molar-refractivity contribution in [3.8, 4) is 0 Å². The molecule has 0 N–H and O–H groups in total. The summed E-state index contributed by atoms with van der Waals surface area (Å²) >= 11 is 0. The van der Waals surface area contributed by atoms with Gasteiger partial charge in [0.15, 0.2) is 0 Å². The third-order valence-corrected chi connectivity index (χ3v) is 6.48. The molecular formula is C16H23N3O3S. The molecule has 0 radical (unpaired) electrons. The third kappa shape index (κ3) is 3.35. The van der Waals surface area contributed by atoms with Gasteiger partial charge in [-0.3, -0.25) is 9.10 Å². The SMILES string of the molecule is CCN1CCN(C(=O)c2ccc(N3CCCS3(=O)=O)cc2)CC1. The van der Waals surface area contributed by atoms with E-state index < -0.39 is 10.0 Å². The molecule has 2 fully saturated rings. The Labute approximate surface area is 137 Å². The molecule has 1 aromatic rings. The molecule has 0 atom stereocenters. The van der Waals surface area contributed by atoms with Crippen molar-refractivity contribution < 1.29 is 13.2 Å². The zero-order valence-electron chi connectivity index (χ0n) is 13.4. The zero-order chi connectivity index (χ0) is 16.4. The summed E-state index contributed by atoms with van der Waals surface area (Å²) in [5, 5.41) is 0. The van der Waals surface area contributed by atoms with E-state index in [1.54, 1.807) is 24.3 Å². The van der Waals surface area contributed by atoms with E-state index in [0.717, 1.165) is 32.7 Å². The number of carbonyl (C=O) groups excluding carboxylic acids is 1. The average Bonchev–Trinajstić information content (AvgIpc) is 2.94. The summed E-state index contributed by atoms with van der Waals surface area (Å²) in [5.74, 6) is 0.228. The summed E-state index contributed by atoms with van der Waals surface area (Å²) < 4.78 is 25.3. The second-order valence-electron chi connectivity index (χ2n) is 6.02. The number of sulfonamides is 1. The van der Waals surface area contributed by atoms with Gasteiger partial charge in [0.05, 0.1) is 11.4 Å². The van der Waals surface area contributed by atoms with Gasteiger partial charge >= 0.3 is 0 Å². The first-order valence-corrected chi connectivity index (χ1v) is 9.74. The second kappa shape index (κ2) is 6.49. The zero-order valence-corrected chi connectivity index (χ0v) is 14.3. The van der Waals surface area contributed by atoms with Crippen molar-refractivity contribution >= 4 is 21.6 Å². The van der Waals surface area contributed by atoms with Crippen LogP contribution in [0.2, 0.25) is 0 Å². The van der Waals surface area contributed by atoms with Gasteiger partial charge in [-0.15, -0.1) is 0 Å². The third-order valence-electron chi connectivity index (χ3n) is 4.61. The second-order valence-corrected chi connectivity index (χ2v) is 8.03. The van der Waals surface area contributed by atoms with Gasteiger partial charge in [-0.25, -0.2) is 8.42 Å². The molecule has 0 bridgehead atoms. The molecule has 0 aromatic heterocycles. The number of amides is 1. The van der Waals surface area contributed by atoms with Gasteiger partial charge in [0, 0.05) is 38.3 Å².